The van der Waals surface area contributed by atoms with Crippen LogP contribution in [0.5, 0.6) is 0 Å². The summed E-state index contributed by atoms with van der Waals surface area (Å²) in [5.41, 5.74) is 2.43. The standard InChI is InChI=1S/C15H18N6O/c1-10(22)8-16-14-13-15(18-11(2)17-14)21(20-19-13)9-12-6-4-3-5-7-12/h3-7,10,22H,8-9H2,1-2H3,(H,16,17,18)/t10-/m1/s1. The second kappa shape index (κ2) is 6.07. The Morgan fingerprint density at radius 3 is 2.73 bits per heavy atom. The SMILES string of the molecule is Cc1nc(NC[C@@H](C)O)c2nnn(Cc3ccccc3)c2n1. The van der Waals surface area contributed by atoms with E-state index in [1.165, 1.54) is 0 Å². The molecule has 1 atom stereocenters. The molecule has 3 rings (SSSR count). The van der Waals surface area contributed by atoms with Gasteiger partial charge in [-0.2, -0.15) is 0 Å². The third-order valence-electron chi connectivity index (χ3n) is 3.21. The Hall–Kier alpha value is -2.54. The molecule has 0 aliphatic heterocycles. The first kappa shape index (κ1) is 14.4. The number of fused-ring (bicyclic) bond motifs is 1. The van der Waals surface area contributed by atoms with Crippen molar-refractivity contribution < 1.29 is 5.11 Å². The largest absolute Gasteiger partial charge is 0.392 e. The van der Waals surface area contributed by atoms with Gasteiger partial charge in [-0.25, -0.2) is 14.6 Å². The Labute approximate surface area is 128 Å². The Morgan fingerprint density at radius 2 is 2.00 bits per heavy atom. The lowest BCUT2D eigenvalue weighted by Crippen LogP contribution is -2.16. The third-order valence-corrected chi connectivity index (χ3v) is 3.21. The molecule has 2 heterocycles. The summed E-state index contributed by atoms with van der Waals surface area (Å²) in [5.74, 6) is 1.24. The molecule has 114 valence electrons. The molecule has 0 saturated heterocycles. The number of aromatic nitrogens is 5. The zero-order valence-corrected chi connectivity index (χ0v) is 12.6. The smallest absolute Gasteiger partial charge is 0.184 e. The van der Waals surface area contributed by atoms with Crippen LogP contribution in [-0.4, -0.2) is 42.7 Å². The number of hydrogen-bond donors (Lipinski definition) is 2. The topological polar surface area (TPSA) is 88.8 Å². The lowest BCUT2D eigenvalue weighted by atomic mass is 10.2. The van der Waals surface area contributed by atoms with Crippen LogP contribution in [0.15, 0.2) is 30.3 Å². The van der Waals surface area contributed by atoms with Crippen molar-refractivity contribution in [3.05, 3.63) is 41.7 Å². The normalized spacial score (nSPS) is 12.5. The minimum absolute atomic E-state index is 0.400. The van der Waals surface area contributed by atoms with Gasteiger partial charge in [-0.1, -0.05) is 35.5 Å². The highest BCUT2D eigenvalue weighted by Crippen LogP contribution is 2.18. The molecule has 0 fully saturated rings. The highest BCUT2D eigenvalue weighted by atomic mass is 16.3. The van der Waals surface area contributed by atoms with Crippen molar-refractivity contribution in [2.45, 2.75) is 26.5 Å². The molecule has 2 N–H and O–H groups in total. The zero-order valence-electron chi connectivity index (χ0n) is 12.6. The molecule has 0 aliphatic carbocycles. The van der Waals surface area contributed by atoms with Gasteiger partial charge < -0.3 is 10.4 Å². The van der Waals surface area contributed by atoms with Crippen molar-refractivity contribution in [2.24, 2.45) is 0 Å². The van der Waals surface area contributed by atoms with Crippen LogP contribution in [0.3, 0.4) is 0 Å². The van der Waals surface area contributed by atoms with Crippen molar-refractivity contribution >= 4 is 17.0 Å². The van der Waals surface area contributed by atoms with Gasteiger partial charge in [0, 0.05) is 6.54 Å². The molecule has 3 aromatic rings. The van der Waals surface area contributed by atoms with Gasteiger partial charge in [0.05, 0.1) is 12.6 Å². The van der Waals surface area contributed by atoms with Crippen molar-refractivity contribution in [1.29, 1.82) is 0 Å². The first-order chi connectivity index (χ1) is 10.6. The summed E-state index contributed by atoms with van der Waals surface area (Å²) in [7, 11) is 0. The van der Waals surface area contributed by atoms with Gasteiger partial charge in [-0.05, 0) is 19.4 Å². The van der Waals surface area contributed by atoms with E-state index < -0.39 is 6.10 Å². The third kappa shape index (κ3) is 3.04. The predicted molar refractivity (Wildman–Crippen MR) is 83.6 cm³/mol. The molecule has 0 spiro atoms. The van der Waals surface area contributed by atoms with Gasteiger partial charge in [0.25, 0.3) is 0 Å². The fourth-order valence-electron chi connectivity index (χ4n) is 2.20. The maximum absolute atomic E-state index is 9.41. The average Bonchev–Trinajstić information content (AvgIpc) is 2.89. The van der Waals surface area contributed by atoms with E-state index in [9.17, 15) is 5.11 Å². The summed E-state index contributed by atoms with van der Waals surface area (Å²) >= 11 is 0. The van der Waals surface area contributed by atoms with Crippen LogP contribution >= 0.6 is 0 Å². The van der Waals surface area contributed by atoms with E-state index in [2.05, 4.69) is 25.6 Å². The minimum atomic E-state index is -0.468. The number of anilines is 1. The molecule has 0 saturated carbocycles. The van der Waals surface area contributed by atoms with E-state index in [-0.39, 0.29) is 0 Å². The van der Waals surface area contributed by atoms with E-state index >= 15 is 0 Å². The summed E-state index contributed by atoms with van der Waals surface area (Å²) in [6.07, 6.45) is -0.468. The van der Waals surface area contributed by atoms with Gasteiger partial charge in [0.15, 0.2) is 17.0 Å². The number of hydrogen-bond acceptors (Lipinski definition) is 6. The molecule has 2 aromatic heterocycles. The molecule has 0 amide bonds. The maximum atomic E-state index is 9.41. The van der Waals surface area contributed by atoms with Gasteiger partial charge in [0.1, 0.15) is 5.82 Å². The van der Waals surface area contributed by atoms with Crippen LogP contribution in [0.1, 0.15) is 18.3 Å². The average molecular weight is 298 g/mol. The molecule has 1 aromatic carbocycles. The Bertz CT molecular complexity index is 768. The first-order valence-electron chi connectivity index (χ1n) is 7.17. The zero-order chi connectivity index (χ0) is 15.5. The summed E-state index contributed by atoms with van der Waals surface area (Å²) < 4.78 is 1.76. The maximum Gasteiger partial charge on any atom is 0.184 e. The highest BCUT2D eigenvalue weighted by Gasteiger charge is 2.13. The minimum Gasteiger partial charge on any atom is -0.392 e. The first-order valence-corrected chi connectivity index (χ1v) is 7.17. The Kier molecular flexibility index (Phi) is 3.97. The fourth-order valence-corrected chi connectivity index (χ4v) is 2.20. The van der Waals surface area contributed by atoms with E-state index in [0.717, 1.165) is 5.56 Å². The van der Waals surface area contributed by atoms with E-state index in [1.54, 1.807) is 11.6 Å². The van der Waals surface area contributed by atoms with E-state index in [0.29, 0.717) is 35.9 Å². The van der Waals surface area contributed by atoms with E-state index in [4.69, 9.17) is 0 Å². The Balaban J connectivity index is 1.96. The van der Waals surface area contributed by atoms with Crippen LogP contribution in [0.25, 0.3) is 11.2 Å². The summed E-state index contributed by atoms with van der Waals surface area (Å²) in [4.78, 5) is 8.79. The summed E-state index contributed by atoms with van der Waals surface area (Å²) in [6, 6.07) is 10.0. The molecule has 7 heteroatoms. The molecular formula is C15H18N6O. The number of aliphatic hydroxyl groups excluding tert-OH is 1. The molecule has 0 bridgehead atoms. The van der Waals surface area contributed by atoms with Gasteiger partial charge in [-0.3, -0.25) is 0 Å². The monoisotopic (exact) mass is 298 g/mol. The van der Waals surface area contributed by atoms with Crippen molar-refractivity contribution in [2.75, 3.05) is 11.9 Å². The van der Waals surface area contributed by atoms with Crippen LogP contribution in [-0.2, 0) is 6.54 Å². The highest BCUT2D eigenvalue weighted by molar-refractivity contribution is 5.82. The molecule has 0 unspecified atom stereocenters. The van der Waals surface area contributed by atoms with Crippen LogP contribution < -0.4 is 5.32 Å². The molecule has 0 aliphatic rings. The number of aryl methyl sites for hydroxylation is 1. The number of rotatable bonds is 5. The fraction of sp³-hybridized carbons (Fsp3) is 0.333. The lowest BCUT2D eigenvalue weighted by molar-refractivity contribution is 0.208. The molecule has 7 nitrogen and oxygen atoms in total. The van der Waals surface area contributed by atoms with Gasteiger partial charge in [0.2, 0.25) is 0 Å². The number of nitrogens with one attached hydrogen (secondary N) is 1. The predicted octanol–water partition coefficient (Wildman–Crippen LogP) is 1.37. The van der Waals surface area contributed by atoms with Crippen molar-refractivity contribution in [3.63, 3.8) is 0 Å². The molecule has 22 heavy (non-hydrogen) atoms. The molecular weight excluding hydrogens is 280 g/mol. The molecule has 0 radical (unpaired) electrons. The van der Waals surface area contributed by atoms with Crippen LogP contribution in [0.4, 0.5) is 5.82 Å². The van der Waals surface area contributed by atoms with Crippen molar-refractivity contribution in [3.8, 4) is 0 Å². The summed E-state index contributed by atoms with van der Waals surface area (Å²) in [6.45, 7) is 4.54. The lowest BCUT2D eigenvalue weighted by Gasteiger charge is -2.08. The van der Waals surface area contributed by atoms with Crippen LogP contribution in [0.2, 0.25) is 0 Å². The number of aliphatic hydroxyl groups is 1. The second-order valence-corrected chi connectivity index (χ2v) is 5.25. The van der Waals surface area contributed by atoms with Gasteiger partial charge >= 0.3 is 0 Å². The van der Waals surface area contributed by atoms with Crippen LogP contribution in [0, 0.1) is 6.92 Å². The quantitative estimate of drug-likeness (QED) is 0.739. The van der Waals surface area contributed by atoms with Crippen molar-refractivity contribution in [1.82, 2.24) is 25.0 Å². The second-order valence-electron chi connectivity index (χ2n) is 5.25. The number of nitrogens with zero attached hydrogens (tertiary/aromatic N) is 5. The van der Waals surface area contributed by atoms with Gasteiger partial charge in [-0.15, -0.1) is 5.10 Å². The summed E-state index contributed by atoms with van der Waals surface area (Å²) in [5, 5.41) is 20.9. The van der Waals surface area contributed by atoms with E-state index in [1.807, 2.05) is 37.3 Å². The number of benzene rings is 1. The Morgan fingerprint density at radius 1 is 1.23 bits per heavy atom.